The largest absolute Gasteiger partial charge is 0.611 e. The van der Waals surface area contributed by atoms with Crippen molar-refractivity contribution >= 4 is 17.0 Å². The first-order valence-electron chi connectivity index (χ1n) is 12.8. The molecule has 184 valence electrons. The van der Waals surface area contributed by atoms with E-state index in [4.69, 9.17) is 4.74 Å². The summed E-state index contributed by atoms with van der Waals surface area (Å²) >= 11 is -1.16. The molecule has 1 N–H and O–H groups in total. The molecule has 0 aliphatic heterocycles. The molecule has 0 amide bonds. The van der Waals surface area contributed by atoms with Gasteiger partial charge in [0, 0.05) is 6.42 Å². The Balaban J connectivity index is 1.48. The van der Waals surface area contributed by atoms with Gasteiger partial charge in [0.25, 0.3) is 0 Å². The van der Waals surface area contributed by atoms with Crippen molar-refractivity contribution in [2.24, 2.45) is 34.5 Å². The molecule has 4 nitrogen and oxygen atoms in total. The zero-order valence-corrected chi connectivity index (χ0v) is 21.7. The van der Waals surface area contributed by atoms with E-state index >= 15 is 0 Å². The van der Waals surface area contributed by atoms with Crippen molar-refractivity contribution in [3.8, 4) is 0 Å². The van der Waals surface area contributed by atoms with Gasteiger partial charge in [-0.1, -0.05) is 44.5 Å². The molecule has 4 aliphatic carbocycles. The highest BCUT2D eigenvalue weighted by molar-refractivity contribution is 7.91. The number of hydrogen-bond donors (Lipinski definition) is 1. The van der Waals surface area contributed by atoms with Gasteiger partial charge >= 0.3 is 0 Å². The van der Waals surface area contributed by atoms with Crippen molar-refractivity contribution < 1.29 is 19.2 Å². The van der Waals surface area contributed by atoms with Crippen LogP contribution >= 0.6 is 0 Å². The second kappa shape index (κ2) is 8.83. The highest BCUT2D eigenvalue weighted by Crippen LogP contribution is 2.67. The van der Waals surface area contributed by atoms with Gasteiger partial charge in [0.1, 0.15) is 5.76 Å². The van der Waals surface area contributed by atoms with Crippen LogP contribution in [0.2, 0.25) is 0 Å². The van der Waals surface area contributed by atoms with Crippen molar-refractivity contribution in [2.45, 2.75) is 70.3 Å². The zero-order chi connectivity index (χ0) is 24.3. The number of fused-ring (bicyclic) bond motifs is 5. The molecule has 4 aliphatic rings. The second-order valence-electron chi connectivity index (χ2n) is 11.6. The van der Waals surface area contributed by atoms with E-state index in [0.717, 1.165) is 36.3 Å². The number of methoxy groups -OCH3 is 1. The third-order valence-corrected chi connectivity index (χ3v) is 11.2. The number of ketones is 1. The first-order valence-corrected chi connectivity index (χ1v) is 14.1. The Morgan fingerprint density at radius 1 is 1.21 bits per heavy atom. The number of aliphatic hydroxyl groups excluding tert-OH is 1. The lowest BCUT2D eigenvalue weighted by molar-refractivity contribution is -0.128. The van der Waals surface area contributed by atoms with E-state index in [-0.39, 0.29) is 22.5 Å². The summed E-state index contributed by atoms with van der Waals surface area (Å²) in [4.78, 5) is 13.1. The lowest BCUT2D eigenvalue weighted by atomic mass is 9.45. The van der Waals surface area contributed by atoms with Gasteiger partial charge in [-0.2, -0.15) is 0 Å². The van der Waals surface area contributed by atoms with Crippen LogP contribution in [0.4, 0.5) is 0 Å². The molecule has 5 heteroatoms. The highest BCUT2D eigenvalue weighted by atomic mass is 32.2. The van der Waals surface area contributed by atoms with E-state index in [9.17, 15) is 14.5 Å². The topological polar surface area (TPSA) is 69.6 Å². The van der Waals surface area contributed by atoms with Crippen LogP contribution in [0.5, 0.6) is 0 Å². The molecular formula is C29H38O4S. The Hall–Kier alpha value is -1.56. The number of ether oxygens (including phenoxy) is 1. The van der Waals surface area contributed by atoms with Crippen LogP contribution < -0.4 is 0 Å². The number of benzene rings is 1. The third kappa shape index (κ3) is 3.70. The minimum absolute atomic E-state index is 0.0949. The lowest BCUT2D eigenvalue weighted by Gasteiger charge is -2.60. The van der Waals surface area contributed by atoms with Crippen LogP contribution in [0.25, 0.3) is 0 Å². The molecule has 3 unspecified atom stereocenters. The van der Waals surface area contributed by atoms with Crippen LogP contribution in [-0.4, -0.2) is 34.4 Å². The molecule has 1 aromatic rings. The van der Waals surface area contributed by atoms with Crippen LogP contribution in [0, 0.1) is 34.5 Å². The lowest BCUT2D eigenvalue weighted by Crippen LogP contribution is -2.57. The van der Waals surface area contributed by atoms with Crippen molar-refractivity contribution in [1.82, 2.24) is 0 Å². The fourth-order valence-electron chi connectivity index (χ4n) is 8.43. The summed E-state index contributed by atoms with van der Waals surface area (Å²) in [6.07, 6.45) is 6.72. The summed E-state index contributed by atoms with van der Waals surface area (Å²) in [6, 6.07) is 9.60. The molecule has 1 aromatic carbocycles. The number of carbonyl (C=O) groups excluding carboxylic acids is 1. The van der Waals surface area contributed by atoms with Crippen LogP contribution in [-0.2, 0) is 20.7 Å². The van der Waals surface area contributed by atoms with E-state index in [1.807, 2.05) is 36.4 Å². The smallest absolute Gasteiger partial charge is 0.167 e. The normalized spacial score (nSPS) is 41.6. The highest BCUT2D eigenvalue weighted by Gasteiger charge is 2.62. The summed E-state index contributed by atoms with van der Waals surface area (Å²) in [6.45, 7) is 6.89. The molecule has 0 radical (unpaired) electrons. The van der Waals surface area contributed by atoms with Gasteiger partial charge in [0.15, 0.2) is 16.4 Å². The minimum Gasteiger partial charge on any atom is -0.611 e. The van der Waals surface area contributed by atoms with Crippen molar-refractivity contribution in [3.63, 3.8) is 0 Å². The maximum atomic E-state index is 13.1. The first kappa shape index (κ1) is 24.1. The summed E-state index contributed by atoms with van der Waals surface area (Å²) in [5.41, 5.74) is 2.30. The van der Waals surface area contributed by atoms with E-state index in [1.54, 1.807) is 7.11 Å². The van der Waals surface area contributed by atoms with E-state index < -0.39 is 17.3 Å². The molecule has 0 aromatic heterocycles. The van der Waals surface area contributed by atoms with Gasteiger partial charge in [0.05, 0.1) is 13.2 Å². The molecule has 34 heavy (non-hydrogen) atoms. The molecule has 0 spiro atoms. The Morgan fingerprint density at radius 3 is 2.65 bits per heavy atom. The monoisotopic (exact) mass is 482 g/mol. The maximum Gasteiger partial charge on any atom is 0.167 e. The standard InChI is InChI=1S/C29H38O4S/c1-18-14-21-22-10-11-23(26(33-4)17-34(32)20-8-6-5-7-9-20)29(22,3)16-25(31)27(21)28(2)13-12-19(30)15-24(18)28/h5-9,15,18,21-22,25,27,31H,10-14,16-17H2,1-4H3/t18?,21-,22-,25?,27+,28-,29-,34?/m0/s1. The fourth-order valence-corrected chi connectivity index (χ4v) is 9.59. The summed E-state index contributed by atoms with van der Waals surface area (Å²) in [5, 5.41) is 11.7. The molecule has 0 heterocycles. The van der Waals surface area contributed by atoms with E-state index in [2.05, 4.69) is 20.8 Å². The number of aliphatic hydroxyl groups is 1. The predicted molar refractivity (Wildman–Crippen MR) is 134 cm³/mol. The third-order valence-electron chi connectivity index (χ3n) is 9.85. The molecule has 8 atom stereocenters. The average molecular weight is 483 g/mol. The number of allylic oxidation sites excluding steroid dienone is 2. The molecule has 0 bridgehead atoms. The van der Waals surface area contributed by atoms with E-state index in [0.29, 0.717) is 36.3 Å². The van der Waals surface area contributed by atoms with E-state index in [1.165, 1.54) is 11.1 Å². The van der Waals surface area contributed by atoms with Crippen molar-refractivity contribution in [2.75, 3.05) is 12.9 Å². The van der Waals surface area contributed by atoms with Gasteiger partial charge in [0.2, 0.25) is 0 Å². The number of hydrogen-bond acceptors (Lipinski definition) is 4. The SMILES string of the molecule is COC(C[S+]([O-])c1ccccc1)=C1CC[C@H]2[C@@H]3CC(C)C4=CC(=O)CC[C@]4(C)[C@H]3C(O)C[C@]12C. The summed E-state index contributed by atoms with van der Waals surface area (Å²) in [7, 11) is 1.70. The minimum atomic E-state index is -1.16. The van der Waals surface area contributed by atoms with Gasteiger partial charge in [-0.05, 0) is 102 Å². The fraction of sp³-hybridized carbons (Fsp3) is 0.621. The average Bonchev–Trinajstić information content (AvgIpc) is 3.15. The molecular weight excluding hydrogens is 444 g/mol. The predicted octanol–water partition coefficient (Wildman–Crippen LogP) is 5.44. The van der Waals surface area contributed by atoms with Gasteiger partial charge in [-0.15, -0.1) is 0 Å². The van der Waals surface area contributed by atoms with Gasteiger partial charge < -0.3 is 14.4 Å². The maximum absolute atomic E-state index is 13.1. The molecule has 0 saturated heterocycles. The number of carbonyl (C=O) groups is 1. The quantitative estimate of drug-likeness (QED) is 0.458. The van der Waals surface area contributed by atoms with Crippen molar-refractivity contribution in [1.29, 1.82) is 0 Å². The first-order chi connectivity index (χ1) is 16.2. The van der Waals surface area contributed by atoms with Gasteiger partial charge in [-0.3, -0.25) is 4.79 Å². The molecule has 3 fully saturated rings. The Labute approximate surface area is 207 Å². The van der Waals surface area contributed by atoms with Gasteiger partial charge in [-0.25, -0.2) is 0 Å². The summed E-state index contributed by atoms with van der Waals surface area (Å²) in [5.74, 6) is 2.94. The summed E-state index contributed by atoms with van der Waals surface area (Å²) < 4.78 is 19.0. The van der Waals surface area contributed by atoms with Crippen molar-refractivity contribution in [3.05, 3.63) is 53.3 Å². The van der Waals surface area contributed by atoms with Crippen LogP contribution in [0.15, 0.2) is 58.2 Å². The number of rotatable bonds is 4. The van der Waals surface area contributed by atoms with Crippen LogP contribution in [0.3, 0.4) is 0 Å². The molecule has 5 rings (SSSR count). The molecule has 3 saturated carbocycles. The second-order valence-corrected chi connectivity index (χ2v) is 13.0. The zero-order valence-electron chi connectivity index (χ0n) is 20.9. The Bertz CT molecular complexity index is 1020. The van der Waals surface area contributed by atoms with Crippen LogP contribution in [0.1, 0.15) is 59.3 Å². The Morgan fingerprint density at radius 2 is 1.94 bits per heavy atom. The Kier molecular flexibility index (Phi) is 6.27.